The number of methoxy groups -OCH3 is 1. The van der Waals surface area contributed by atoms with Crippen molar-refractivity contribution in [1.82, 2.24) is 20.9 Å². The van der Waals surface area contributed by atoms with Crippen LogP contribution in [-0.4, -0.2) is 68.6 Å². The quantitative estimate of drug-likeness (QED) is 0.480. The standard InChI is InChI=1S/C19H26N4O4.ClH/c1-27-11-10-20-8-9-21-16(24)12-22-18(25)17-14-4-2-3-5-15(14)19(26)23(17)13-6-7-13;/h2-5,13,17,20H,6-12H2,1H3,(H,21,24)(H,22,25);1H. The summed E-state index contributed by atoms with van der Waals surface area (Å²) in [6.07, 6.45) is 1.83. The molecule has 3 N–H and O–H groups in total. The minimum absolute atomic E-state index is 0. The number of nitrogens with one attached hydrogen (secondary N) is 3. The molecule has 1 saturated carbocycles. The summed E-state index contributed by atoms with van der Waals surface area (Å²) >= 11 is 0. The third kappa shape index (κ3) is 5.21. The maximum Gasteiger partial charge on any atom is 0.255 e. The summed E-state index contributed by atoms with van der Waals surface area (Å²) in [6, 6.07) is 6.66. The molecule has 1 aromatic rings. The van der Waals surface area contributed by atoms with E-state index >= 15 is 0 Å². The van der Waals surface area contributed by atoms with E-state index in [-0.39, 0.29) is 42.7 Å². The monoisotopic (exact) mass is 410 g/mol. The van der Waals surface area contributed by atoms with Crippen molar-refractivity contribution in [2.45, 2.75) is 24.9 Å². The van der Waals surface area contributed by atoms with Gasteiger partial charge in [-0.25, -0.2) is 0 Å². The van der Waals surface area contributed by atoms with Gasteiger partial charge in [-0.2, -0.15) is 0 Å². The molecular formula is C19H27ClN4O4. The fourth-order valence-electron chi connectivity index (χ4n) is 3.25. The zero-order chi connectivity index (χ0) is 19.2. The lowest BCUT2D eigenvalue weighted by Gasteiger charge is -2.24. The first-order valence-corrected chi connectivity index (χ1v) is 9.29. The zero-order valence-electron chi connectivity index (χ0n) is 15.9. The van der Waals surface area contributed by atoms with Crippen LogP contribution in [0, 0.1) is 0 Å². The third-order valence-corrected chi connectivity index (χ3v) is 4.72. The van der Waals surface area contributed by atoms with E-state index in [1.807, 2.05) is 12.1 Å². The van der Waals surface area contributed by atoms with Crippen LogP contribution < -0.4 is 16.0 Å². The second kappa shape index (κ2) is 10.4. The Labute approximate surface area is 170 Å². The van der Waals surface area contributed by atoms with Gasteiger partial charge < -0.3 is 25.6 Å². The number of hydrogen-bond donors (Lipinski definition) is 3. The van der Waals surface area contributed by atoms with Gasteiger partial charge in [0, 0.05) is 38.3 Å². The van der Waals surface area contributed by atoms with Crippen molar-refractivity contribution >= 4 is 30.1 Å². The van der Waals surface area contributed by atoms with Crippen molar-refractivity contribution in [1.29, 1.82) is 0 Å². The van der Waals surface area contributed by atoms with E-state index in [1.165, 1.54) is 0 Å². The normalized spacial score (nSPS) is 17.7. The predicted molar refractivity (Wildman–Crippen MR) is 106 cm³/mol. The molecule has 8 nitrogen and oxygen atoms in total. The molecule has 1 aliphatic heterocycles. The van der Waals surface area contributed by atoms with Gasteiger partial charge in [0.05, 0.1) is 13.2 Å². The number of rotatable bonds is 10. The Bertz CT molecular complexity index is 711. The van der Waals surface area contributed by atoms with Crippen LogP contribution in [0.15, 0.2) is 24.3 Å². The first-order chi connectivity index (χ1) is 13.1. The molecule has 154 valence electrons. The number of carbonyl (C=O) groups is 3. The second-order valence-corrected chi connectivity index (χ2v) is 6.74. The SMILES string of the molecule is COCCNCCNC(=O)CNC(=O)C1c2ccccc2C(=O)N1C1CC1.Cl. The van der Waals surface area contributed by atoms with Crippen molar-refractivity contribution in [2.75, 3.05) is 39.9 Å². The van der Waals surface area contributed by atoms with Gasteiger partial charge in [0.2, 0.25) is 11.8 Å². The van der Waals surface area contributed by atoms with Crippen molar-refractivity contribution in [2.24, 2.45) is 0 Å². The van der Waals surface area contributed by atoms with Crippen LogP contribution in [0.5, 0.6) is 0 Å². The van der Waals surface area contributed by atoms with E-state index in [0.29, 0.717) is 25.3 Å². The first kappa shape index (κ1) is 22.1. The maximum absolute atomic E-state index is 12.7. The summed E-state index contributed by atoms with van der Waals surface area (Å²) in [7, 11) is 1.63. The van der Waals surface area contributed by atoms with E-state index in [2.05, 4.69) is 16.0 Å². The van der Waals surface area contributed by atoms with Gasteiger partial charge in [0.25, 0.3) is 5.91 Å². The number of hydrogen-bond acceptors (Lipinski definition) is 5. The molecule has 1 atom stereocenters. The van der Waals surface area contributed by atoms with E-state index in [9.17, 15) is 14.4 Å². The predicted octanol–water partition coefficient (Wildman–Crippen LogP) is 0.236. The molecule has 1 aromatic carbocycles. The highest BCUT2D eigenvalue weighted by Gasteiger charge is 2.47. The number of amides is 3. The molecule has 0 spiro atoms. The lowest BCUT2D eigenvalue weighted by Crippen LogP contribution is -2.44. The molecule has 0 aromatic heterocycles. The summed E-state index contributed by atoms with van der Waals surface area (Å²) < 4.78 is 4.92. The van der Waals surface area contributed by atoms with Crippen LogP contribution in [0.25, 0.3) is 0 Å². The molecule has 9 heteroatoms. The minimum Gasteiger partial charge on any atom is -0.383 e. The van der Waals surface area contributed by atoms with Gasteiger partial charge in [-0.1, -0.05) is 18.2 Å². The molecule has 0 bridgehead atoms. The Morgan fingerprint density at radius 3 is 2.61 bits per heavy atom. The number of fused-ring (bicyclic) bond motifs is 1. The van der Waals surface area contributed by atoms with Crippen molar-refractivity contribution < 1.29 is 19.1 Å². The fraction of sp³-hybridized carbons (Fsp3) is 0.526. The van der Waals surface area contributed by atoms with Crippen molar-refractivity contribution in [3.8, 4) is 0 Å². The van der Waals surface area contributed by atoms with Crippen molar-refractivity contribution in [3.63, 3.8) is 0 Å². The Morgan fingerprint density at radius 1 is 1.14 bits per heavy atom. The number of halogens is 1. The van der Waals surface area contributed by atoms with Crippen molar-refractivity contribution in [3.05, 3.63) is 35.4 Å². The number of nitrogens with zero attached hydrogens (tertiary/aromatic N) is 1. The molecule has 1 heterocycles. The molecule has 1 fully saturated rings. The van der Waals surface area contributed by atoms with Crippen LogP contribution >= 0.6 is 12.4 Å². The highest BCUT2D eigenvalue weighted by Crippen LogP contribution is 2.41. The maximum atomic E-state index is 12.7. The lowest BCUT2D eigenvalue weighted by atomic mass is 10.0. The zero-order valence-corrected chi connectivity index (χ0v) is 16.7. The summed E-state index contributed by atoms with van der Waals surface area (Å²) in [5.74, 6) is -0.666. The van der Waals surface area contributed by atoms with Crippen LogP contribution in [0.2, 0.25) is 0 Å². The molecule has 0 saturated heterocycles. The fourth-order valence-corrected chi connectivity index (χ4v) is 3.25. The van der Waals surface area contributed by atoms with E-state index < -0.39 is 6.04 Å². The molecule has 0 radical (unpaired) electrons. The highest BCUT2D eigenvalue weighted by molar-refractivity contribution is 6.05. The second-order valence-electron chi connectivity index (χ2n) is 6.74. The van der Waals surface area contributed by atoms with Crippen LogP contribution in [0.3, 0.4) is 0 Å². The lowest BCUT2D eigenvalue weighted by molar-refractivity contribution is -0.129. The molecule has 1 unspecified atom stereocenters. The number of benzene rings is 1. The van der Waals surface area contributed by atoms with Gasteiger partial charge in [0.15, 0.2) is 0 Å². The molecular weight excluding hydrogens is 384 g/mol. The summed E-state index contributed by atoms with van der Waals surface area (Å²) in [5, 5.41) is 8.54. The first-order valence-electron chi connectivity index (χ1n) is 9.29. The third-order valence-electron chi connectivity index (χ3n) is 4.72. The topological polar surface area (TPSA) is 99.8 Å². The van der Waals surface area contributed by atoms with Crippen LogP contribution in [0.4, 0.5) is 0 Å². The van der Waals surface area contributed by atoms with Crippen LogP contribution in [-0.2, 0) is 14.3 Å². The largest absolute Gasteiger partial charge is 0.383 e. The summed E-state index contributed by atoms with van der Waals surface area (Å²) in [6.45, 7) is 2.32. The molecule has 28 heavy (non-hydrogen) atoms. The Kier molecular flexibility index (Phi) is 8.22. The molecule has 3 amide bonds. The minimum atomic E-state index is -0.648. The summed E-state index contributed by atoms with van der Waals surface area (Å²) in [5.41, 5.74) is 1.30. The Hall–Kier alpha value is -2.16. The van der Waals surface area contributed by atoms with Crippen LogP contribution in [0.1, 0.15) is 34.8 Å². The number of carbonyl (C=O) groups excluding carboxylic acids is 3. The van der Waals surface area contributed by atoms with Gasteiger partial charge in [-0.3, -0.25) is 14.4 Å². The van der Waals surface area contributed by atoms with Gasteiger partial charge >= 0.3 is 0 Å². The van der Waals surface area contributed by atoms with E-state index in [1.54, 1.807) is 24.1 Å². The number of ether oxygens (including phenoxy) is 1. The highest BCUT2D eigenvalue weighted by atomic mass is 35.5. The average Bonchev–Trinajstić information content (AvgIpc) is 3.47. The molecule has 3 rings (SSSR count). The van der Waals surface area contributed by atoms with E-state index in [0.717, 1.165) is 24.9 Å². The van der Waals surface area contributed by atoms with Gasteiger partial charge in [-0.05, 0) is 24.5 Å². The smallest absolute Gasteiger partial charge is 0.255 e. The van der Waals surface area contributed by atoms with Gasteiger partial charge in [0.1, 0.15) is 6.04 Å². The van der Waals surface area contributed by atoms with E-state index in [4.69, 9.17) is 4.74 Å². The Balaban J connectivity index is 0.00000280. The molecule has 1 aliphatic carbocycles. The Morgan fingerprint density at radius 2 is 1.89 bits per heavy atom. The summed E-state index contributed by atoms with van der Waals surface area (Å²) in [4.78, 5) is 39.0. The average molecular weight is 411 g/mol. The molecule has 2 aliphatic rings. The van der Waals surface area contributed by atoms with Gasteiger partial charge in [-0.15, -0.1) is 12.4 Å².